The predicted octanol–water partition coefficient (Wildman–Crippen LogP) is 1.83. The van der Waals surface area contributed by atoms with Crippen LogP contribution in [-0.2, 0) is 9.84 Å². The van der Waals surface area contributed by atoms with E-state index in [1.807, 2.05) is 6.07 Å². The van der Waals surface area contributed by atoms with Gasteiger partial charge in [0.15, 0.2) is 5.03 Å². The number of nitrogens with zero attached hydrogens (tertiary/aromatic N) is 2. The largest absolute Gasteiger partial charge is 0.238 e. The average Bonchev–Trinajstić information content (AvgIpc) is 2.20. The third-order valence-corrected chi connectivity index (χ3v) is 3.43. The molecule has 6 heteroatoms. The number of pyridine rings is 1. The molecule has 4 nitrogen and oxygen atoms in total. The average molecular weight is 243 g/mol. The van der Waals surface area contributed by atoms with Gasteiger partial charge in [-0.15, -0.1) is 0 Å². The summed E-state index contributed by atoms with van der Waals surface area (Å²) in [7, 11) is -3.66. The maximum atomic E-state index is 11.4. The van der Waals surface area contributed by atoms with Gasteiger partial charge in [-0.25, -0.2) is 13.4 Å². The zero-order valence-electron chi connectivity index (χ0n) is 7.86. The monoisotopic (exact) mass is 242 g/mol. The maximum absolute atomic E-state index is 11.4. The minimum Gasteiger partial charge on any atom is -0.238 e. The van der Waals surface area contributed by atoms with E-state index in [9.17, 15) is 8.42 Å². The maximum Gasteiger partial charge on any atom is 0.218 e. The van der Waals surface area contributed by atoms with Crippen LogP contribution in [0, 0.1) is 18.3 Å². The van der Waals surface area contributed by atoms with Gasteiger partial charge in [0.25, 0.3) is 0 Å². The van der Waals surface area contributed by atoms with Gasteiger partial charge in [-0.1, -0.05) is 18.2 Å². The molecule has 0 unspecified atom stereocenters. The lowest BCUT2D eigenvalue weighted by molar-refractivity contribution is 0.601. The normalized spacial score (nSPS) is 10.7. The van der Waals surface area contributed by atoms with Crippen LogP contribution < -0.4 is 0 Å². The molecule has 0 N–H and O–H groups in total. The van der Waals surface area contributed by atoms with E-state index in [2.05, 4.69) is 11.6 Å². The summed E-state index contributed by atoms with van der Waals surface area (Å²) in [5.74, 6) is 0. The SMILES string of the molecule is C=CS(=O)(=O)c1nc(C)c(C#N)cc1Cl. The molecule has 0 atom stereocenters. The van der Waals surface area contributed by atoms with Crippen LogP contribution in [0.5, 0.6) is 0 Å². The molecule has 0 fully saturated rings. The molecular weight excluding hydrogens is 236 g/mol. The Balaban J connectivity index is 3.56. The molecule has 0 aliphatic carbocycles. The Morgan fingerprint density at radius 3 is 2.73 bits per heavy atom. The van der Waals surface area contributed by atoms with Gasteiger partial charge in [-0.05, 0) is 13.0 Å². The van der Waals surface area contributed by atoms with Gasteiger partial charge >= 0.3 is 0 Å². The Kier molecular flexibility index (Phi) is 3.12. The molecule has 1 heterocycles. The van der Waals surface area contributed by atoms with Crippen LogP contribution in [0.4, 0.5) is 0 Å². The fourth-order valence-corrected chi connectivity index (χ4v) is 2.18. The molecule has 0 spiro atoms. The Bertz CT molecular complexity index is 558. The minimum absolute atomic E-state index is 0.0722. The van der Waals surface area contributed by atoms with Crippen LogP contribution in [-0.4, -0.2) is 13.4 Å². The lowest BCUT2D eigenvalue weighted by Crippen LogP contribution is -2.03. The fraction of sp³-hybridized carbons (Fsp3) is 0.111. The van der Waals surface area contributed by atoms with Crippen LogP contribution >= 0.6 is 11.6 Å². The number of halogens is 1. The first-order valence-corrected chi connectivity index (χ1v) is 5.79. The van der Waals surface area contributed by atoms with Gasteiger partial charge in [0, 0.05) is 5.41 Å². The van der Waals surface area contributed by atoms with Crippen LogP contribution in [0.3, 0.4) is 0 Å². The first-order valence-electron chi connectivity index (χ1n) is 3.87. The van der Waals surface area contributed by atoms with Crippen molar-refractivity contribution in [2.75, 3.05) is 0 Å². The topological polar surface area (TPSA) is 70.8 Å². The lowest BCUT2D eigenvalue weighted by Gasteiger charge is -2.03. The molecule has 0 bridgehead atoms. The Hall–Kier alpha value is -1.38. The molecule has 78 valence electrons. The molecule has 1 aromatic rings. The summed E-state index contributed by atoms with van der Waals surface area (Å²) in [6.45, 7) is 4.71. The molecule has 0 saturated carbocycles. The van der Waals surface area contributed by atoms with Crippen molar-refractivity contribution in [1.82, 2.24) is 4.98 Å². The highest BCUT2D eigenvalue weighted by Crippen LogP contribution is 2.23. The van der Waals surface area contributed by atoms with Crippen LogP contribution in [0.25, 0.3) is 0 Å². The molecule has 1 rings (SSSR count). The molecule has 0 aromatic carbocycles. The van der Waals surface area contributed by atoms with E-state index >= 15 is 0 Å². The summed E-state index contributed by atoms with van der Waals surface area (Å²) in [5, 5.41) is 9.11. The number of nitriles is 1. The van der Waals surface area contributed by atoms with Crippen molar-refractivity contribution in [3.63, 3.8) is 0 Å². The zero-order valence-corrected chi connectivity index (χ0v) is 9.43. The van der Waals surface area contributed by atoms with Crippen molar-refractivity contribution in [3.05, 3.63) is 34.3 Å². The predicted molar refractivity (Wildman–Crippen MR) is 56.1 cm³/mol. The Morgan fingerprint density at radius 1 is 1.67 bits per heavy atom. The summed E-state index contributed by atoms with van der Waals surface area (Å²) in [5.41, 5.74) is 0.574. The highest BCUT2D eigenvalue weighted by molar-refractivity contribution is 7.94. The third kappa shape index (κ3) is 2.17. The van der Waals surface area contributed by atoms with Crippen molar-refractivity contribution in [3.8, 4) is 6.07 Å². The van der Waals surface area contributed by atoms with Gasteiger partial charge in [-0.2, -0.15) is 5.26 Å². The van der Waals surface area contributed by atoms with E-state index < -0.39 is 9.84 Å². The van der Waals surface area contributed by atoms with Gasteiger partial charge in [0.05, 0.1) is 16.3 Å². The van der Waals surface area contributed by atoms with Crippen LogP contribution in [0.2, 0.25) is 5.02 Å². The highest BCUT2D eigenvalue weighted by atomic mass is 35.5. The molecule has 0 aliphatic heterocycles. The van der Waals surface area contributed by atoms with E-state index in [4.69, 9.17) is 16.9 Å². The minimum atomic E-state index is -3.66. The van der Waals surface area contributed by atoms with E-state index in [0.717, 1.165) is 5.41 Å². The molecule has 1 aromatic heterocycles. The van der Waals surface area contributed by atoms with Crippen molar-refractivity contribution < 1.29 is 8.42 Å². The summed E-state index contributed by atoms with van der Waals surface area (Å²) < 4.78 is 22.9. The number of hydrogen-bond donors (Lipinski definition) is 0. The zero-order chi connectivity index (χ0) is 11.6. The van der Waals surface area contributed by atoms with E-state index in [0.29, 0.717) is 5.69 Å². The second-order valence-electron chi connectivity index (χ2n) is 2.73. The number of aromatic nitrogens is 1. The first kappa shape index (κ1) is 11.7. The van der Waals surface area contributed by atoms with Gasteiger partial charge in [0.2, 0.25) is 9.84 Å². The second kappa shape index (κ2) is 4.01. The van der Waals surface area contributed by atoms with Crippen molar-refractivity contribution in [1.29, 1.82) is 5.26 Å². The summed E-state index contributed by atoms with van der Waals surface area (Å²) in [4.78, 5) is 3.77. The number of rotatable bonds is 2. The third-order valence-electron chi connectivity index (χ3n) is 1.74. The lowest BCUT2D eigenvalue weighted by atomic mass is 10.2. The summed E-state index contributed by atoms with van der Waals surface area (Å²) >= 11 is 5.70. The van der Waals surface area contributed by atoms with E-state index in [1.54, 1.807) is 0 Å². The quantitative estimate of drug-likeness (QED) is 0.793. The Morgan fingerprint density at radius 2 is 2.27 bits per heavy atom. The van der Waals surface area contributed by atoms with E-state index in [-0.39, 0.29) is 15.6 Å². The summed E-state index contributed by atoms with van der Waals surface area (Å²) in [6, 6.07) is 3.14. The standard InChI is InChI=1S/C9H7ClN2O2S/c1-3-15(13,14)9-8(10)4-7(5-11)6(2)12-9/h3-4H,1H2,2H3. The molecule has 0 radical (unpaired) electrons. The molecule has 15 heavy (non-hydrogen) atoms. The number of aryl methyl sites for hydroxylation is 1. The number of sulfone groups is 1. The first-order chi connectivity index (χ1) is 6.92. The molecule has 0 saturated heterocycles. The second-order valence-corrected chi connectivity index (χ2v) is 4.95. The molecule has 0 amide bonds. The van der Waals surface area contributed by atoms with Crippen molar-refractivity contribution in [2.45, 2.75) is 11.9 Å². The van der Waals surface area contributed by atoms with Crippen LogP contribution in [0.15, 0.2) is 23.1 Å². The molecular formula is C9H7ClN2O2S. The van der Waals surface area contributed by atoms with Crippen LogP contribution in [0.1, 0.15) is 11.3 Å². The van der Waals surface area contributed by atoms with Crippen molar-refractivity contribution >= 4 is 21.4 Å². The van der Waals surface area contributed by atoms with Gasteiger partial charge < -0.3 is 0 Å². The van der Waals surface area contributed by atoms with Crippen molar-refractivity contribution in [2.24, 2.45) is 0 Å². The smallest absolute Gasteiger partial charge is 0.218 e. The highest BCUT2D eigenvalue weighted by Gasteiger charge is 2.18. The van der Waals surface area contributed by atoms with Gasteiger partial charge in [-0.3, -0.25) is 0 Å². The van der Waals surface area contributed by atoms with E-state index in [1.165, 1.54) is 13.0 Å². The fourth-order valence-electron chi connectivity index (χ4n) is 0.950. The van der Waals surface area contributed by atoms with Gasteiger partial charge in [0.1, 0.15) is 6.07 Å². The Labute approximate surface area is 92.7 Å². The number of hydrogen-bond acceptors (Lipinski definition) is 4. The molecule has 0 aliphatic rings. The summed E-state index contributed by atoms with van der Waals surface area (Å²) in [6.07, 6.45) is 0.